The Morgan fingerprint density at radius 1 is 1.11 bits per heavy atom. The maximum Gasteiger partial charge on any atom is 0.417 e. The summed E-state index contributed by atoms with van der Waals surface area (Å²) in [5.41, 5.74) is 0.0941. The van der Waals surface area contributed by atoms with Gasteiger partial charge in [0.1, 0.15) is 5.82 Å². The number of carbonyl (C=O) groups is 1. The minimum Gasteiger partial charge on any atom is -0.355 e. The molecule has 1 fully saturated rings. The summed E-state index contributed by atoms with van der Waals surface area (Å²) in [6.07, 6.45) is -2.91. The van der Waals surface area contributed by atoms with Crippen LogP contribution in [0.5, 0.6) is 0 Å². The van der Waals surface area contributed by atoms with E-state index in [-0.39, 0.29) is 5.91 Å². The molecule has 2 aromatic rings. The first kappa shape index (κ1) is 18.7. The van der Waals surface area contributed by atoms with E-state index in [2.05, 4.69) is 4.98 Å². The van der Waals surface area contributed by atoms with Crippen molar-refractivity contribution in [1.29, 1.82) is 5.26 Å². The van der Waals surface area contributed by atoms with Crippen LogP contribution in [0.2, 0.25) is 0 Å². The summed E-state index contributed by atoms with van der Waals surface area (Å²) in [6.45, 7) is 2.04. The summed E-state index contributed by atoms with van der Waals surface area (Å²) < 4.78 is 38.0. The molecule has 140 valence electrons. The molecule has 0 radical (unpaired) electrons. The van der Waals surface area contributed by atoms with Gasteiger partial charge in [-0.2, -0.15) is 18.4 Å². The predicted octanol–water partition coefficient (Wildman–Crippen LogP) is 3.32. The second-order valence-corrected chi connectivity index (χ2v) is 6.23. The fourth-order valence-corrected chi connectivity index (χ4v) is 2.99. The van der Waals surface area contributed by atoms with Crippen molar-refractivity contribution in [3.8, 4) is 6.07 Å². The molecular formula is C19H17F3N4O. The molecule has 0 aliphatic carbocycles. The number of aromatic nitrogens is 1. The third-order valence-electron chi connectivity index (χ3n) is 4.42. The fourth-order valence-electron chi connectivity index (χ4n) is 2.99. The largest absolute Gasteiger partial charge is 0.417 e. The van der Waals surface area contributed by atoms with Gasteiger partial charge in [-0.25, -0.2) is 4.98 Å². The lowest BCUT2D eigenvalue weighted by Gasteiger charge is -2.23. The number of nitrogens with zero attached hydrogens (tertiary/aromatic N) is 4. The lowest BCUT2D eigenvalue weighted by atomic mass is 10.1. The van der Waals surface area contributed by atoms with E-state index in [1.807, 2.05) is 11.0 Å². The van der Waals surface area contributed by atoms with Gasteiger partial charge in [0.2, 0.25) is 0 Å². The zero-order valence-corrected chi connectivity index (χ0v) is 14.4. The number of hydrogen-bond acceptors (Lipinski definition) is 4. The van der Waals surface area contributed by atoms with Crippen LogP contribution in [0.4, 0.5) is 19.0 Å². The number of pyridine rings is 1. The average molecular weight is 374 g/mol. The number of nitriles is 1. The van der Waals surface area contributed by atoms with Gasteiger partial charge in [0.25, 0.3) is 5.91 Å². The Hall–Kier alpha value is -3.08. The van der Waals surface area contributed by atoms with Crippen molar-refractivity contribution < 1.29 is 18.0 Å². The van der Waals surface area contributed by atoms with Crippen LogP contribution >= 0.6 is 0 Å². The average Bonchev–Trinajstić information content (AvgIpc) is 2.93. The normalized spacial score (nSPS) is 15.2. The molecular weight excluding hydrogens is 357 g/mol. The highest BCUT2D eigenvalue weighted by Crippen LogP contribution is 2.29. The molecule has 5 nitrogen and oxygen atoms in total. The number of halogens is 3. The molecule has 0 unspecified atom stereocenters. The Morgan fingerprint density at radius 3 is 2.59 bits per heavy atom. The van der Waals surface area contributed by atoms with Crippen LogP contribution in [0.3, 0.4) is 0 Å². The van der Waals surface area contributed by atoms with E-state index in [1.54, 1.807) is 29.2 Å². The molecule has 0 atom stereocenters. The Balaban J connectivity index is 1.68. The number of hydrogen-bond donors (Lipinski definition) is 0. The highest BCUT2D eigenvalue weighted by molar-refractivity contribution is 5.94. The second-order valence-electron chi connectivity index (χ2n) is 6.23. The molecule has 2 heterocycles. The number of benzene rings is 1. The van der Waals surface area contributed by atoms with Crippen molar-refractivity contribution in [2.45, 2.75) is 12.6 Å². The van der Waals surface area contributed by atoms with E-state index >= 15 is 0 Å². The lowest BCUT2D eigenvalue weighted by molar-refractivity contribution is -0.137. The first-order valence-electron chi connectivity index (χ1n) is 8.46. The van der Waals surface area contributed by atoms with E-state index in [0.717, 1.165) is 12.3 Å². The van der Waals surface area contributed by atoms with Crippen LogP contribution < -0.4 is 4.90 Å². The first-order valence-corrected chi connectivity index (χ1v) is 8.46. The van der Waals surface area contributed by atoms with Crippen molar-refractivity contribution in [1.82, 2.24) is 9.88 Å². The van der Waals surface area contributed by atoms with Crippen LogP contribution in [0.15, 0.2) is 42.6 Å². The fraction of sp³-hybridized carbons (Fsp3) is 0.316. The molecule has 8 heteroatoms. The van der Waals surface area contributed by atoms with Crippen LogP contribution in [-0.2, 0) is 6.18 Å². The molecule has 0 N–H and O–H groups in total. The van der Waals surface area contributed by atoms with E-state index in [1.165, 1.54) is 6.07 Å². The number of alkyl halides is 3. The molecule has 1 aliphatic heterocycles. The monoisotopic (exact) mass is 374 g/mol. The van der Waals surface area contributed by atoms with E-state index < -0.39 is 11.7 Å². The van der Waals surface area contributed by atoms with Gasteiger partial charge >= 0.3 is 6.18 Å². The highest BCUT2D eigenvalue weighted by Gasteiger charge is 2.31. The number of rotatable bonds is 2. The Bertz CT molecular complexity index is 858. The number of amides is 1. The summed E-state index contributed by atoms with van der Waals surface area (Å²) in [5.74, 6) is 0.304. The topological polar surface area (TPSA) is 60.2 Å². The molecule has 1 aliphatic rings. The van der Waals surface area contributed by atoms with E-state index in [9.17, 15) is 18.0 Å². The summed E-state index contributed by atoms with van der Waals surface area (Å²) in [7, 11) is 0. The first-order chi connectivity index (χ1) is 12.9. The van der Waals surface area contributed by atoms with Crippen LogP contribution in [0.1, 0.15) is 27.9 Å². The maximum atomic E-state index is 12.7. The van der Waals surface area contributed by atoms with Gasteiger partial charge in [-0.15, -0.1) is 0 Å². The summed E-state index contributed by atoms with van der Waals surface area (Å²) in [6, 6.07) is 10.9. The van der Waals surface area contributed by atoms with Gasteiger partial charge in [0, 0.05) is 37.9 Å². The van der Waals surface area contributed by atoms with E-state index in [0.29, 0.717) is 49.5 Å². The SMILES string of the molecule is N#Cc1cccc(C(=O)N2CCCN(c3ccc(C(F)(F)F)cn3)CC2)c1. The van der Waals surface area contributed by atoms with Crippen LogP contribution in [0.25, 0.3) is 0 Å². The zero-order chi connectivity index (χ0) is 19.4. The lowest BCUT2D eigenvalue weighted by Crippen LogP contribution is -2.35. The molecule has 0 bridgehead atoms. The second kappa shape index (κ2) is 7.66. The molecule has 3 rings (SSSR count). The molecule has 0 spiro atoms. The van der Waals surface area contributed by atoms with E-state index in [4.69, 9.17) is 5.26 Å². The smallest absolute Gasteiger partial charge is 0.355 e. The van der Waals surface area contributed by atoms with Gasteiger partial charge in [-0.1, -0.05) is 6.07 Å². The predicted molar refractivity (Wildman–Crippen MR) is 93.1 cm³/mol. The van der Waals surface area contributed by atoms with Crippen molar-refractivity contribution in [3.63, 3.8) is 0 Å². The van der Waals surface area contributed by atoms with Gasteiger partial charge in [-0.05, 0) is 36.8 Å². The standard InChI is InChI=1S/C19H17F3N4O/c20-19(21,22)16-5-6-17(24-13-16)25-7-2-8-26(10-9-25)18(27)15-4-1-3-14(11-15)12-23/h1,3-6,11,13H,2,7-10H2. The molecule has 1 aromatic carbocycles. The van der Waals surface area contributed by atoms with Crippen molar-refractivity contribution in [3.05, 3.63) is 59.3 Å². The molecule has 1 aromatic heterocycles. The Kier molecular flexibility index (Phi) is 5.31. The minimum absolute atomic E-state index is 0.158. The van der Waals surface area contributed by atoms with Crippen molar-refractivity contribution in [2.75, 3.05) is 31.1 Å². The van der Waals surface area contributed by atoms with Gasteiger partial charge in [-0.3, -0.25) is 4.79 Å². The summed E-state index contributed by atoms with van der Waals surface area (Å²) >= 11 is 0. The van der Waals surface area contributed by atoms with Crippen LogP contribution in [-0.4, -0.2) is 42.0 Å². The van der Waals surface area contributed by atoms with Crippen molar-refractivity contribution >= 4 is 11.7 Å². The summed E-state index contributed by atoms with van der Waals surface area (Å²) in [4.78, 5) is 20.2. The third-order valence-corrected chi connectivity index (χ3v) is 4.42. The number of anilines is 1. The Morgan fingerprint density at radius 2 is 1.93 bits per heavy atom. The maximum absolute atomic E-state index is 12.7. The molecule has 27 heavy (non-hydrogen) atoms. The van der Waals surface area contributed by atoms with Gasteiger partial charge in [0.05, 0.1) is 17.2 Å². The minimum atomic E-state index is -4.41. The van der Waals surface area contributed by atoms with Crippen LogP contribution in [0, 0.1) is 11.3 Å². The van der Waals surface area contributed by atoms with Gasteiger partial charge in [0.15, 0.2) is 0 Å². The summed E-state index contributed by atoms with van der Waals surface area (Å²) in [5, 5.41) is 8.97. The molecule has 1 amide bonds. The van der Waals surface area contributed by atoms with Gasteiger partial charge < -0.3 is 9.80 Å². The third kappa shape index (κ3) is 4.37. The zero-order valence-electron chi connectivity index (χ0n) is 14.4. The molecule has 0 saturated carbocycles. The number of carbonyl (C=O) groups excluding carboxylic acids is 1. The Labute approximate surface area is 154 Å². The molecule has 1 saturated heterocycles. The quantitative estimate of drug-likeness (QED) is 0.809. The van der Waals surface area contributed by atoms with Crippen molar-refractivity contribution in [2.24, 2.45) is 0 Å². The highest BCUT2D eigenvalue weighted by atomic mass is 19.4.